The first-order valence-corrected chi connectivity index (χ1v) is 12.9. The number of aromatic nitrogens is 3. The van der Waals surface area contributed by atoms with E-state index in [2.05, 4.69) is 36.0 Å². The third-order valence-electron chi connectivity index (χ3n) is 6.87. The van der Waals surface area contributed by atoms with Gasteiger partial charge in [0.1, 0.15) is 10.5 Å². The Morgan fingerprint density at radius 3 is 2.43 bits per heavy atom. The molecule has 0 radical (unpaired) electrons. The molecule has 2 aromatic heterocycles. The number of aryl methyl sites for hydroxylation is 1. The van der Waals surface area contributed by atoms with E-state index in [-0.39, 0.29) is 29.6 Å². The summed E-state index contributed by atoms with van der Waals surface area (Å²) in [5.41, 5.74) is 1.83. The molecule has 3 atom stereocenters. The van der Waals surface area contributed by atoms with E-state index in [4.69, 9.17) is 0 Å². The molecule has 8 heteroatoms. The smallest absolute Gasteiger partial charge is 0.329 e. The second-order valence-corrected chi connectivity index (χ2v) is 12.0. The number of nitrogens with zero attached hydrogens (tertiary/aromatic N) is 3. The van der Waals surface area contributed by atoms with Crippen molar-refractivity contribution in [2.24, 2.45) is 5.92 Å². The quantitative estimate of drug-likeness (QED) is 0.457. The number of aliphatic carboxylic acids is 1. The van der Waals surface area contributed by atoms with E-state index in [1.807, 2.05) is 56.5 Å². The Balaban J connectivity index is 1.89. The van der Waals surface area contributed by atoms with Crippen LogP contribution in [-0.2, 0) is 10.2 Å². The summed E-state index contributed by atoms with van der Waals surface area (Å²) in [6, 6.07) is 8.98. The average molecular weight is 495 g/mol. The number of hydrogen-bond acceptors (Lipinski definition) is 5. The molecule has 7 nitrogen and oxygen atoms in total. The monoisotopic (exact) mass is 494 g/mol. The summed E-state index contributed by atoms with van der Waals surface area (Å²) in [6.07, 6.45) is 2.34. The highest BCUT2D eigenvalue weighted by molar-refractivity contribution is 7.09. The van der Waals surface area contributed by atoms with Gasteiger partial charge in [-0.2, -0.15) is 5.10 Å². The van der Waals surface area contributed by atoms with Crippen molar-refractivity contribution < 1.29 is 14.7 Å². The summed E-state index contributed by atoms with van der Waals surface area (Å²) in [4.78, 5) is 33.4. The number of benzene rings is 1. The van der Waals surface area contributed by atoms with E-state index in [1.165, 1.54) is 11.3 Å². The van der Waals surface area contributed by atoms with Gasteiger partial charge >= 0.3 is 5.97 Å². The van der Waals surface area contributed by atoms with Gasteiger partial charge in [-0.1, -0.05) is 46.8 Å². The molecule has 1 fully saturated rings. The molecule has 3 heterocycles. The van der Waals surface area contributed by atoms with Crippen LogP contribution in [-0.4, -0.2) is 42.6 Å². The highest BCUT2D eigenvalue weighted by atomic mass is 32.1. The number of hydrogen-bond donors (Lipinski definition) is 2. The van der Waals surface area contributed by atoms with Gasteiger partial charge in [0.05, 0.1) is 11.7 Å². The normalized spacial score (nSPS) is 22.7. The largest absolute Gasteiger partial charge is 0.479 e. The minimum Gasteiger partial charge on any atom is -0.479 e. The molecule has 0 bridgehead atoms. The van der Waals surface area contributed by atoms with Crippen LogP contribution < -0.4 is 0 Å². The fourth-order valence-corrected chi connectivity index (χ4v) is 6.09. The van der Waals surface area contributed by atoms with Crippen molar-refractivity contribution >= 4 is 23.2 Å². The SMILES string of the molecule is Cc1cc([C@@H]2C[C@@](CC(C)C)(C(=O)O)N(C(=O)c3ccc(C(C)(C)C)cc3)[C@H]2c2nccs2)[nH]n1. The number of rotatable bonds is 6. The van der Waals surface area contributed by atoms with E-state index in [0.717, 1.165) is 22.0 Å². The summed E-state index contributed by atoms with van der Waals surface area (Å²) < 4.78 is 0. The van der Waals surface area contributed by atoms with Crippen LogP contribution in [0.1, 0.15) is 91.7 Å². The number of carbonyl (C=O) groups excluding carboxylic acids is 1. The number of amides is 1. The number of carboxylic acids is 1. The lowest BCUT2D eigenvalue weighted by molar-refractivity contribution is -0.150. The van der Waals surface area contributed by atoms with Gasteiger partial charge < -0.3 is 10.0 Å². The minimum atomic E-state index is -1.37. The van der Waals surface area contributed by atoms with Gasteiger partial charge in [0.25, 0.3) is 5.91 Å². The number of carboxylic acid groups (broad SMARTS) is 1. The molecule has 1 aromatic carbocycles. The first-order valence-electron chi connectivity index (χ1n) is 12.0. The zero-order valence-electron chi connectivity index (χ0n) is 21.2. The molecule has 1 amide bonds. The second-order valence-electron chi connectivity index (χ2n) is 11.0. The first-order chi connectivity index (χ1) is 16.4. The highest BCUT2D eigenvalue weighted by Gasteiger charge is 2.60. The summed E-state index contributed by atoms with van der Waals surface area (Å²) in [6.45, 7) is 12.3. The van der Waals surface area contributed by atoms with Crippen molar-refractivity contribution in [1.82, 2.24) is 20.1 Å². The van der Waals surface area contributed by atoms with Gasteiger partial charge in [-0.25, -0.2) is 9.78 Å². The number of nitrogens with one attached hydrogen (secondary N) is 1. The van der Waals surface area contributed by atoms with Gasteiger partial charge in [0, 0.05) is 28.8 Å². The predicted molar refractivity (Wildman–Crippen MR) is 137 cm³/mol. The molecule has 1 aliphatic rings. The van der Waals surface area contributed by atoms with E-state index in [1.54, 1.807) is 11.1 Å². The number of thiazole rings is 1. The summed E-state index contributed by atoms with van der Waals surface area (Å²) >= 11 is 1.45. The Hall–Kier alpha value is -3.00. The van der Waals surface area contributed by atoms with Crippen LogP contribution in [0.5, 0.6) is 0 Å². The van der Waals surface area contributed by atoms with Crippen LogP contribution in [0, 0.1) is 12.8 Å². The molecule has 1 saturated heterocycles. The number of H-pyrrole nitrogens is 1. The van der Waals surface area contributed by atoms with Crippen LogP contribution in [0.3, 0.4) is 0 Å². The van der Waals surface area contributed by atoms with E-state index < -0.39 is 17.6 Å². The van der Waals surface area contributed by atoms with E-state index in [0.29, 0.717) is 12.0 Å². The van der Waals surface area contributed by atoms with Crippen molar-refractivity contribution in [3.05, 3.63) is 69.4 Å². The average Bonchev–Trinajstić information content (AvgIpc) is 3.51. The molecular formula is C27H34N4O3S. The predicted octanol–water partition coefficient (Wildman–Crippen LogP) is 5.71. The number of likely N-dealkylation sites (tertiary alicyclic amines) is 1. The lowest BCUT2D eigenvalue weighted by Crippen LogP contribution is -2.54. The van der Waals surface area contributed by atoms with Crippen molar-refractivity contribution in [1.29, 1.82) is 0 Å². The molecule has 0 aliphatic carbocycles. The Morgan fingerprint density at radius 2 is 1.94 bits per heavy atom. The van der Waals surface area contributed by atoms with Gasteiger partial charge in [-0.15, -0.1) is 11.3 Å². The molecule has 2 N–H and O–H groups in total. The van der Waals surface area contributed by atoms with Crippen molar-refractivity contribution in [3.63, 3.8) is 0 Å². The summed E-state index contributed by atoms with van der Waals surface area (Å²) in [5, 5.41) is 20.7. The molecular weight excluding hydrogens is 460 g/mol. The topological polar surface area (TPSA) is 99.2 Å². The van der Waals surface area contributed by atoms with Crippen LogP contribution in [0.15, 0.2) is 41.9 Å². The molecule has 35 heavy (non-hydrogen) atoms. The maximum atomic E-state index is 14.2. The maximum absolute atomic E-state index is 14.2. The third-order valence-corrected chi connectivity index (χ3v) is 7.71. The number of aromatic amines is 1. The second kappa shape index (κ2) is 9.22. The van der Waals surface area contributed by atoms with Crippen LogP contribution in [0.4, 0.5) is 0 Å². The maximum Gasteiger partial charge on any atom is 0.329 e. The highest BCUT2D eigenvalue weighted by Crippen LogP contribution is 2.54. The van der Waals surface area contributed by atoms with Crippen LogP contribution >= 0.6 is 11.3 Å². The molecule has 186 valence electrons. The number of carbonyl (C=O) groups is 2. The van der Waals surface area contributed by atoms with Crippen molar-refractivity contribution in [2.75, 3.05) is 0 Å². The Labute approximate surface area is 210 Å². The molecule has 0 saturated carbocycles. The van der Waals surface area contributed by atoms with E-state index in [9.17, 15) is 14.7 Å². The Morgan fingerprint density at radius 1 is 1.26 bits per heavy atom. The summed E-state index contributed by atoms with van der Waals surface area (Å²) in [7, 11) is 0. The molecule has 0 unspecified atom stereocenters. The lowest BCUT2D eigenvalue weighted by atomic mass is 9.82. The van der Waals surface area contributed by atoms with Crippen molar-refractivity contribution in [2.45, 2.75) is 77.3 Å². The Bertz CT molecular complexity index is 1190. The van der Waals surface area contributed by atoms with Crippen molar-refractivity contribution in [3.8, 4) is 0 Å². The van der Waals surface area contributed by atoms with Gasteiger partial charge in [-0.05, 0) is 54.9 Å². The minimum absolute atomic E-state index is 0.0509. The van der Waals surface area contributed by atoms with Gasteiger partial charge in [0.2, 0.25) is 0 Å². The molecule has 1 aliphatic heterocycles. The summed E-state index contributed by atoms with van der Waals surface area (Å²) in [5.74, 6) is -1.46. The molecule has 0 spiro atoms. The standard InChI is InChI=1S/C27H34N4O3S/c1-16(2)14-27(25(33)34)15-20(21-13-17(3)29-30-21)22(23-28-11-12-35-23)31(27)24(32)18-7-9-19(10-8-18)26(4,5)6/h7-13,16,20,22H,14-15H2,1-6H3,(H,29,30)(H,33,34)/t20-,22+,27-/m0/s1. The zero-order valence-corrected chi connectivity index (χ0v) is 22.0. The van der Waals surface area contributed by atoms with Crippen LogP contribution in [0.25, 0.3) is 0 Å². The Kier molecular flexibility index (Phi) is 6.62. The fourth-order valence-electron chi connectivity index (χ4n) is 5.30. The lowest BCUT2D eigenvalue weighted by Gasteiger charge is -2.38. The first kappa shape index (κ1) is 25.1. The molecule has 4 rings (SSSR count). The molecule has 3 aromatic rings. The van der Waals surface area contributed by atoms with Gasteiger partial charge in [0.15, 0.2) is 0 Å². The third kappa shape index (κ3) is 4.63. The fraction of sp³-hybridized carbons (Fsp3) is 0.481. The van der Waals surface area contributed by atoms with Gasteiger partial charge in [-0.3, -0.25) is 9.89 Å². The zero-order chi connectivity index (χ0) is 25.5. The van der Waals surface area contributed by atoms with E-state index >= 15 is 0 Å². The van der Waals surface area contributed by atoms with Crippen LogP contribution in [0.2, 0.25) is 0 Å².